The smallest absolute Gasteiger partial charge is 0.227 e. The minimum Gasteiger partial charge on any atom is -0.391 e. The van der Waals surface area contributed by atoms with E-state index < -0.39 is 6.10 Å². The predicted molar refractivity (Wildman–Crippen MR) is 86.5 cm³/mol. The van der Waals surface area contributed by atoms with E-state index in [0.29, 0.717) is 19.3 Å². The lowest BCUT2D eigenvalue weighted by atomic mass is 9.84. The highest BCUT2D eigenvalue weighted by molar-refractivity contribution is 5.96. The first-order valence-electron chi connectivity index (χ1n) is 7.56. The normalized spacial score (nSPS) is 23.2. The van der Waals surface area contributed by atoms with Crippen LogP contribution < -0.4 is 4.90 Å². The molecule has 0 aromatic heterocycles. The SMILES string of the molecule is C=CC[C@H]1[C@@H](O)CCC(=O)N1c1ccccc1C(C)(C)C. The lowest BCUT2D eigenvalue weighted by molar-refractivity contribution is -0.122. The van der Waals surface area contributed by atoms with Crippen LogP contribution in [0.1, 0.15) is 45.6 Å². The first kappa shape index (κ1) is 15.8. The van der Waals surface area contributed by atoms with E-state index in [4.69, 9.17) is 0 Å². The highest BCUT2D eigenvalue weighted by Crippen LogP contribution is 2.36. The lowest BCUT2D eigenvalue weighted by Gasteiger charge is -2.40. The largest absolute Gasteiger partial charge is 0.391 e. The van der Waals surface area contributed by atoms with Gasteiger partial charge in [-0.25, -0.2) is 0 Å². The second kappa shape index (κ2) is 6.02. The minimum absolute atomic E-state index is 0.0575. The van der Waals surface area contributed by atoms with Crippen molar-refractivity contribution in [2.24, 2.45) is 0 Å². The summed E-state index contributed by atoms with van der Waals surface area (Å²) in [5.74, 6) is 0.0869. The van der Waals surface area contributed by atoms with Crippen LogP contribution in [0.15, 0.2) is 36.9 Å². The van der Waals surface area contributed by atoms with E-state index >= 15 is 0 Å². The molecule has 1 aliphatic rings. The number of anilines is 1. The van der Waals surface area contributed by atoms with Gasteiger partial charge in [-0.2, -0.15) is 0 Å². The molecule has 2 rings (SSSR count). The van der Waals surface area contributed by atoms with E-state index in [1.165, 1.54) is 0 Å². The molecule has 0 bridgehead atoms. The van der Waals surface area contributed by atoms with E-state index in [2.05, 4.69) is 33.4 Å². The number of rotatable bonds is 3. The average molecular weight is 287 g/mol. The van der Waals surface area contributed by atoms with Crippen LogP contribution in [0, 0.1) is 0 Å². The standard InChI is InChI=1S/C18H25NO2/c1-5-8-15-16(20)11-12-17(21)19(15)14-10-7-6-9-13(14)18(2,3)4/h5-7,9-10,15-16,20H,1,8,11-12H2,2-4H3/t15-,16-/m0/s1. The molecular weight excluding hydrogens is 262 g/mol. The molecule has 1 amide bonds. The maximum atomic E-state index is 12.5. The number of amides is 1. The van der Waals surface area contributed by atoms with Crippen molar-refractivity contribution in [2.45, 2.75) is 57.6 Å². The Bertz CT molecular complexity index is 530. The summed E-state index contributed by atoms with van der Waals surface area (Å²) in [6, 6.07) is 7.77. The van der Waals surface area contributed by atoms with Crippen LogP contribution >= 0.6 is 0 Å². The zero-order valence-corrected chi connectivity index (χ0v) is 13.2. The second-order valence-electron chi connectivity index (χ2n) is 6.73. The molecule has 1 N–H and O–H groups in total. The summed E-state index contributed by atoms with van der Waals surface area (Å²) in [5, 5.41) is 10.3. The minimum atomic E-state index is -0.492. The number of carbonyl (C=O) groups excluding carboxylic acids is 1. The van der Waals surface area contributed by atoms with Gasteiger partial charge in [-0.15, -0.1) is 6.58 Å². The van der Waals surface area contributed by atoms with Crippen LogP contribution in [0.2, 0.25) is 0 Å². The van der Waals surface area contributed by atoms with E-state index in [1.54, 1.807) is 11.0 Å². The van der Waals surface area contributed by atoms with Crippen molar-refractivity contribution in [3.63, 3.8) is 0 Å². The van der Waals surface area contributed by atoms with Gasteiger partial charge in [-0.05, 0) is 29.9 Å². The van der Waals surface area contributed by atoms with Crippen molar-refractivity contribution in [2.75, 3.05) is 4.90 Å². The van der Waals surface area contributed by atoms with Crippen molar-refractivity contribution in [3.8, 4) is 0 Å². The number of benzene rings is 1. The van der Waals surface area contributed by atoms with Gasteiger partial charge >= 0.3 is 0 Å². The van der Waals surface area contributed by atoms with Crippen LogP contribution in [-0.4, -0.2) is 23.2 Å². The molecule has 3 nitrogen and oxygen atoms in total. The van der Waals surface area contributed by atoms with Crippen molar-refractivity contribution in [3.05, 3.63) is 42.5 Å². The summed E-state index contributed by atoms with van der Waals surface area (Å²) in [4.78, 5) is 14.3. The molecular formula is C18H25NO2. The Morgan fingerprint density at radius 2 is 2.05 bits per heavy atom. The number of hydrogen-bond donors (Lipinski definition) is 1. The summed E-state index contributed by atoms with van der Waals surface area (Å²) in [6.45, 7) is 10.2. The zero-order chi connectivity index (χ0) is 15.6. The Labute approximate surface area is 127 Å². The predicted octanol–water partition coefficient (Wildman–Crippen LogP) is 3.42. The highest BCUT2D eigenvalue weighted by Gasteiger charge is 2.36. The molecule has 0 radical (unpaired) electrons. The molecule has 0 aliphatic carbocycles. The first-order chi connectivity index (χ1) is 9.86. The number of carbonyl (C=O) groups is 1. The van der Waals surface area contributed by atoms with E-state index in [1.807, 2.05) is 18.2 Å². The quantitative estimate of drug-likeness (QED) is 0.865. The molecule has 1 heterocycles. The van der Waals surface area contributed by atoms with E-state index in [-0.39, 0.29) is 17.4 Å². The average Bonchev–Trinajstić information content (AvgIpc) is 2.42. The summed E-state index contributed by atoms with van der Waals surface area (Å²) in [6.07, 6.45) is 2.82. The third-order valence-corrected chi connectivity index (χ3v) is 4.08. The van der Waals surface area contributed by atoms with Gasteiger partial charge in [-0.1, -0.05) is 45.0 Å². The molecule has 114 valence electrons. The Balaban J connectivity index is 2.51. The monoisotopic (exact) mass is 287 g/mol. The summed E-state index contributed by atoms with van der Waals surface area (Å²) in [5.41, 5.74) is 1.99. The fraction of sp³-hybridized carbons (Fsp3) is 0.500. The molecule has 1 aliphatic heterocycles. The van der Waals surface area contributed by atoms with E-state index in [0.717, 1.165) is 11.3 Å². The number of aliphatic hydroxyl groups excluding tert-OH is 1. The van der Waals surface area contributed by atoms with Crippen LogP contribution in [-0.2, 0) is 10.2 Å². The number of aliphatic hydroxyl groups is 1. The number of hydrogen-bond acceptors (Lipinski definition) is 2. The maximum Gasteiger partial charge on any atom is 0.227 e. The Hall–Kier alpha value is -1.61. The van der Waals surface area contributed by atoms with Gasteiger partial charge in [0, 0.05) is 12.1 Å². The third-order valence-electron chi connectivity index (χ3n) is 4.08. The van der Waals surface area contributed by atoms with Gasteiger partial charge in [0.2, 0.25) is 5.91 Å². The Morgan fingerprint density at radius 3 is 2.67 bits per heavy atom. The fourth-order valence-corrected chi connectivity index (χ4v) is 3.01. The molecule has 0 spiro atoms. The van der Waals surface area contributed by atoms with Crippen LogP contribution in [0.25, 0.3) is 0 Å². The molecule has 1 saturated heterocycles. The number of para-hydroxylation sites is 1. The zero-order valence-electron chi connectivity index (χ0n) is 13.2. The van der Waals surface area contributed by atoms with Crippen LogP contribution in [0.4, 0.5) is 5.69 Å². The van der Waals surface area contributed by atoms with E-state index in [9.17, 15) is 9.90 Å². The molecule has 0 saturated carbocycles. The van der Waals surface area contributed by atoms with Crippen molar-refractivity contribution in [1.29, 1.82) is 0 Å². The molecule has 21 heavy (non-hydrogen) atoms. The number of nitrogens with zero attached hydrogens (tertiary/aromatic N) is 1. The van der Waals surface area contributed by atoms with Gasteiger partial charge in [-0.3, -0.25) is 4.79 Å². The molecule has 2 atom stereocenters. The van der Waals surface area contributed by atoms with Crippen molar-refractivity contribution >= 4 is 11.6 Å². The Morgan fingerprint density at radius 1 is 1.38 bits per heavy atom. The van der Waals surface area contributed by atoms with Gasteiger partial charge in [0.05, 0.1) is 12.1 Å². The van der Waals surface area contributed by atoms with Crippen LogP contribution in [0.3, 0.4) is 0 Å². The second-order valence-corrected chi connectivity index (χ2v) is 6.73. The first-order valence-corrected chi connectivity index (χ1v) is 7.56. The third kappa shape index (κ3) is 3.18. The van der Waals surface area contributed by atoms with Crippen molar-refractivity contribution < 1.29 is 9.90 Å². The van der Waals surface area contributed by atoms with Gasteiger partial charge < -0.3 is 10.0 Å². The fourth-order valence-electron chi connectivity index (χ4n) is 3.01. The summed E-state index contributed by atoms with van der Waals surface area (Å²) in [7, 11) is 0. The molecule has 1 aromatic rings. The maximum absolute atomic E-state index is 12.5. The number of piperidine rings is 1. The lowest BCUT2D eigenvalue weighted by Crippen LogP contribution is -2.52. The highest BCUT2D eigenvalue weighted by atomic mass is 16.3. The van der Waals surface area contributed by atoms with Crippen molar-refractivity contribution in [1.82, 2.24) is 0 Å². The molecule has 0 unspecified atom stereocenters. The summed E-state index contributed by atoms with van der Waals surface area (Å²) < 4.78 is 0. The molecule has 3 heteroatoms. The molecule has 1 fully saturated rings. The topological polar surface area (TPSA) is 40.5 Å². The van der Waals surface area contributed by atoms with Gasteiger partial charge in [0.15, 0.2) is 0 Å². The van der Waals surface area contributed by atoms with Crippen LogP contribution in [0.5, 0.6) is 0 Å². The van der Waals surface area contributed by atoms with Gasteiger partial charge in [0.25, 0.3) is 0 Å². The molecule has 1 aromatic carbocycles. The Kier molecular flexibility index (Phi) is 4.52. The van der Waals surface area contributed by atoms with Gasteiger partial charge in [0.1, 0.15) is 0 Å². The summed E-state index contributed by atoms with van der Waals surface area (Å²) >= 11 is 0.